The average molecular weight is 322 g/mol. The van der Waals surface area contributed by atoms with Crippen molar-refractivity contribution in [1.29, 1.82) is 0 Å². The molecule has 3 aromatic rings. The van der Waals surface area contributed by atoms with E-state index in [4.69, 9.17) is 18.0 Å². The Labute approximate surface area is 140 Å². The number of nitrogens with two attached hydrogens (primary N) is 1. The normalized spacial score (nSPS) is 11.2. The van der Waals surface area contributed by atoms with Gasteiger partial charge in [-0.2, -0.15) is 5.10 Å². The summed E-state index contributed by atoms with van der Waals surface area (Å²) >= 11 is 4.76. The zero-order valence-electron chi connectivity index (χ0n) is 12.9. The molecule has 0 radical (unpaired) electrons. The summed E-state index contributed by atoms with van der Waals surface area (Å²) in [5.74, 6) is 0. The molecular formula is C18H18N4S. The van der Waals surface area contributed by atoms with E-state index in [9.17, 15) is 0 Å². The van der Waals surface area contributed by atoms with Crippen molar-refractivity contribution in [3.8, 4) is 0 Å². The molecule has 0 saturated carbocycles. The Hall–Kier alpha value is -2.66. The molecule has 4 nitrogen and oxygen atoms in total. The number of hydrogen-bond donors (Lipinski definition) is 2. The van der Waals surface area contributed by atoms with Gasteiger partial charge in [-0.25, -0.2) is 0 Å². The van der Waals surface area contributed by atoms with E-state index in [0.717, 1.165) is 17.5 Å². The summed E-state index contributed by atoms with van der Waals surface area (Å²) in [6.45, 7) is 2.96. The van der Waals surface area contributed by atoms with Gasteiger partial charge in [-0.3, -0.25) is 5.43 Å². The first-order valence-corrected chi connectivity index (χ1v) is 7.77. The van der Waals surface area contributed by atoms with E-state index in [2.05, 4.69) is 64.6 Å². The number of hydrazone groups is 1. The molecule has 1 aromatic heterocycles. The van der Waals surface area contributed by atoms with Gasteiger partial charge in [0, 0.05) is 29.2 Å². The van der Waals surface area contributed by atoms with Crippen molar-refractivity contribution in [1.82, 2.24) is 9.99 Å². The second-order valence-corrected chi connectivity index (χ2v) is 5.83. The molecule has 0 aliphatic rings. The Bertz CT molecular complexity index is 880. The van der Waals surface area contributed by atoms with Crippen molar-refractivity contribution < 1.29 is 0 Å². The molecule has 0 atom stereocenters. The second kappa shape index (κ2) is 6.62. The molecule has 0 spiro atoms. The smallest absolute Gasteiger partial charge is 0.184 e. The van der Waals surface area contributed by atoms with Gasteiger partial charge < -0.3 is 10.3 Å². The molecule has 0 saturated heterocycles. The number of para-hydroxylation sites is 1. The predicted octanol–water partition coefficient (Wildman–Crippen LogP) is 3.17. The highest BCUT2D eigenvalue weighted by molar-refractivity contribution is 7.80. The number of nitrogens with zero attached hydrogens (tertiary/aromatic N) is 2. The van der Waals surface area contributed by atoms with Crippen LogP contribution in [-0.2, 0) is 6.54 Å². The van der Waals surface area contributed by atoms with Crippen molar-refractivity contribution in [3.63, 3.8) is 0 Å². The molecular weight excluding hydrogens is 304 g/mol. The maximum absolute atomic E-state index is 5.39. The number of rotatable bonds is 4. The standard InChI is InChI=1S/C18H18N4S/c1-13-6-2-3-7-14(13)11-22-12-15(10-20-21-18(19)23)16-8-4-5-9-17(16)22/h2-10,12H,11H2,1H3,(H3,19,21,23). The van der Waals surface area contributed by atoms with E-state index in [1.54, 1.807) is 6.21 Å². The Morgan fingerprint density at radius 2 is 1.96 bits per heavy atom. The Morgan fingerprint density at radius 1 is 1.22 bits per heavy atom. The summed E-state index contributed by atoms with van der Waals surface area (Å²) in [6.07, 6.45) is 3.84. The lowest BCUT2D eigenvalue weighted by Crippen LogP contribution is -2.23. The van der Waals surface area contributed by atoms with Crippen LogP contribution in [0.3, 0.4) is 0 Å². The number of nitrogens with one attached hydrogen (secondary N) is 1. The number of benzene rings is 2. The molecule has 0 aliphatic heterocycles. The zero-order chi connectivity index (χ0) is 16.2. The minimum Gasteiger partial charge on any atom is -0.375 e. The van der Waals surface area contributed by atoms with Gasteiger partial charge in [0.25, 0.3) is 0 Å². The van der Waals surface area contributed by atoms with Crippen molar-refractivity contribution in [3.05, 3.63) is 71.4 Å². The number of thiocarbonyl (C=S) groups is 1. The topological polar surface area (TPSA) is 55.3 Å². The number of aromatic nitrogens is 1. The monoisotopic (exact) mass is 322 g/mol. The predicted molar refractivity (Wildman–Crippen MR) is 99.7 cm³/mol. The SMILES string of the molecule is Cc1ccccc1Cn1cc(C=NNC(N)=S)c2ccccc21. The molecule has 116 valence electrons. The zero-order valence-corrected chi connectivity index (χ0v) is 13.7. The van der Waals surface area contributed by atoms with Crippen LogP contribution < -0.4 is 11.2 Å². The maximum atomic E-state index is 5.39. The summed E-state index contributed by atoms with van der Waals surface area (Å²) in [5.41, 5.74) is 12.8. The van der Waals surface area contributed by atoms with Crippen LogP contribution in [0.1, 0.15) is 16.7 Å². The van der Waals surface area contributed by atoms with Gasteiger partial charge in [0.1, 0.15) is 0 Å². The van der Waals surface area contributed by atoms with Crippen LogP contribution >= 0.6 is 12.2 Å². The van der Waals surface area contributed by atoms with Gasteiger partial charge in [-0.1, -0.05) is 42.5 Å². The minimum atomic E-state index is 0.157. The number of aryl methyl sites for hydroxylation is 1. The van der Waals surface area contributed by atoms with Crippen LogP contribution in [0.15, 0.2) is 59.8 Å². The summed E-state index contributed by atoms with van der Waals surface area (Å²) < 4.78 is 2.24. The van der Waals surface area contributed by atoms with Crippen LogP contribution in [0, 0.1) is 6.92 Å². The molecule has 1 heterocycles. The third-order valence-corrected chi connectivity index (χ3v) is 3.89. The third-order valence-electron chi connectivity index (χ3n) is 3.80. The molecule has 0 fully saturated rings. The summed E-state index contributed by atoms with van der Waals surface area (Å²) in [5, 5.41) is 5.38. The summed E-state index contributed by atoms with van der Waals surface area (Å²) in [7, 11) is 0. The fraction of sp³-hybridized carbons (Fsp3) is 0.111. The van der Waals surface area contributed by atoms with Gasteiger partial charge in [-0.15, -0.1) is 0 Å². The highest BCUT2D eigenvalue weighted by atomic mass is 32.1. The second-order valence-electron chi connectivity index (χ2n) is 5.39. The van der Waals surface area contributed by atoms with Crippen molar-refractivity contribution >= 4 is 34.4 Å². The van der Waals surface area contributed by atoms with Crippen LogP contribution in [0.5, 0.6) is 0 Å². The molecule has 0 amide bonds. The fourth-order valence-corrected chi connectivity index (χ4v) is 2.70. The Kier molecular flexibility index (Phi) is 4.39. The van der Waals surface area contributed by atoms with Crippen molar-refractivity contribution in [2.75, 3.05) is 0 Å². The molecule has 5 heteroatoms. The lowest BCUT2D eigenvalue weighted by Gasteiger charge is -2.08. The van der Waals surface area contributed by atoms with Gasteiger partial charge in [0.2, 0.25) is 0 Å². The van der Waals surface area contributed by atoms with E-state index in [0.29, 0.717) is 0 Å². The summed E-state index contributed by atoms with van der Waals surface area (Å²) in [6, 6.07) is 16.7. The van der Waals surface area contributed by atoms with E-state index >= 15 is 0 Å². The van der Waals surface area contributed by atoms with Gasteiger partial charge in [-0.05, 0) is 36.3 Å². The maximum Gasteiger partial charge on any atom is 0.184 e. The van der Waals surface area contributed by atoms with Crippen LogP contribution in [0.2, 0.25) is 0 Å². The first kappa shape index (κ1) is 15.2. The Balaban J connectivity index is 1.99. The average Bonchev–Trinajstić information content (AvgIpc) is 2.88. The number of fused-ring (bicyclic) bond motifs is 1. The largest absolute Gasteiger partial charge is 0.375 e. The molecule has 0 aliphatic carbocycles. The van der Waals surface area contributed by atoms with Gasteiger partial charge in [0.15, 0.2) is 5.11 Å². The fourth-order valence-electron chi connectivity index (χ4n) is 2.65. The van der Waals surface area contributed by atoms with Gasteiger partial charge in [0.05, 0.1) is 6.21 Å². The molecule has 23 heavy (non-hydrogen) atoms. The molecule has 0 unspecified atom stereocenters. The molecule has 3 rings (SSSR count). The Morgan fingerprint density at radius 3 is 2.74 bits per heavy atom. The quantitative estimate of drug-likeness (QED) is 0.441. The third kappa shape index (κ3) is 3.40. The van der Waals surface area contributed by atoms with E-state index < -0.39 is 0 Å². The van der Waals surface area contributed by atoms with Crippen LogP contribution in [0.25, 0.3) is 10.9 Å². The van der Waals surface area contributed by atoms with E-state index in [1.807, 2.05) is 12.1 Å². The highest BCUT2D eigenvalue weighted by Crippen LogP contribution is 2.22. The van der Waals surface area contributed by atoms with Crippen LogP contribution in [-0.4, -0.2) is 15.9 Å². The first-order chi connectivity index (χ1) is 11.1. The molecule has 3 N–H and O–H groups in total. The lowest BCUT2D eigenvalue weighted by molar-refractivity contribution is 0.830. The van der Waals surface area contributed by atoms with E-state index in [1.165, 1.54) is 16.6 Å². The lowest BCUT2D eigenvalue weighted by atomic mass is 10.1. The molecule has 0 bridgehead atoms. The number of hydrogen-bond acceptors (Lipinski definition) is 2. The molecule has 2 aromatic carbocycles. The summed E-state index contributed by atoms with van der Waals surface area (Å²) in [4.78, 5) is 0. The van der Waals surface area contributed by atoms with Gasteiger partial charge >= 0.3 is 0 Å². The van der Waals surface area contributed by atoms with Crippen molar-refractivity contribution in [2.45, 2.75) is 13.5 Å². The van der Waals surface area contributed by atoms with Crippen molar-refractivity contribution in [2.24, 2.45) is 10.8 Å². The minimum absolute atomic E-state index is 0.157. The van der Waals surface area contributed by atoms with Crippen LogP contribution in [0.4, 0.5) is 0 Å². The highest BCUT2D eigenvalue weighted by Gasteiger charge is 2.08. The van der Waals surface area contributed by atoms with E-state index in [-0.39, 0.29) is 5.11 Å². The first-order valence-electron chi connectivity index (χ1n) is 7.36.